The van der Waals surface area contributed by atoms with Crippen LogP contribution in [0.4, 0.5) is 0 Å². The lowest BCUT2D eigenvalue weighted by molar-refractivity contribution is -0.139. The molecule has 0 spiro atoms. The molecule has 0 aromatic heterocycles. The molecule has 0 fully saturated rings. The second kappa shape index (κ2) is 12.7. The molecule has 128 valence electrons. The highest BCUT2D eigenvalue weighted by molar-refractivity contribution is 5.86. The average molecular weight is 318 g/mol. The predicted molar refractivity (Wildman–Crippen MR) is 94.6 cm³/mol. The number of hydrogen-bond acceptors (Lipinski definition) is 3. The Morgan fingerprint density at radius 1 is 0.870 bits per heavy atom. The van der Waals surface area contributed by atoms with E-state index in [1.807, 2.05) is 30.3 Å². The standard InChI is InChI=1S/C20H30O3/c1-18(2)20(21)23-17-13-8-6-4-3-5-7-12-16-22-19-14-10-9-11-15-19/h9-11,14-15H,1,3-8,12-13,16-17H2,2H3. The number of unbranched alkanes of at least 4 members (excludes halogenated alkanes) is 7. The van der Waals surface area contributed by atoms with Gasteiger partial charge in [0.25, 0.3) is 0 Å². The summed E-state index contributed by atoms with van der Waals surface area (Å²) in [4.78, 5) is 11.2. The maximum absolute atomic E-state index is 11.2. The summed E-state index contributed by atoms with van der Waals surface area (Å²) in [6.45, 7) is 6.55. The number of esters is 1. The summed E-state index contributed by atoms with van der Waals surface area (Å²) in [5.74, 6) is 0.683. The summed E-state index contributed by atoms with van der Waals surface area (Å²) in [6, 6.07) is 9.97. The van der Waals surface area contributed by atoms with Gasteiger partial charge >= 0.3 is 5.97 Å². The molecule has 0 amide bonds. The van der Waals surface area contributed by atoms with Gasteiger partial charge in [-0.2, -0.15) is 0 Å². The lowest BCUT2D eigenvalue weighted by Crippen LogP contribution is -2.05. The van der Waals surface area contributed by atoms with Crippen molar-refractivity contribution in [2.24, 2.45) is 0 Å². The van der Waals surface area contributed by atoms with Crippen LogP contribution in [-0.4, -0.2) is 19.2 Å². The van der Waals surface area contributed by atoms with Gasteiger partial charge < -0.3 is 9.47 Å². The van der Waals surface area contributed by atoms with Crippen LogP contribution in [-0.2, 0) is 9.53 Å². The van der Waals surface area contributed by atoms with E-state index in [0.717, 1.165) is 31.6 Å². The highest BCUT2D eigenvalue weighted by Crippen LogP contribution is 2.11. The van der Waals surface area contributed by atoms with E-state index in [1.165, 1.54) is 32.1 Å². The summed E-state index contributed by atoms with van der Waals surface area (Å²) in [5, 5.41) is 0. The van der Waals surface area contributed by atoms with Crippen molar-refractivity contribution in [3.63, 3.8) is 0 Å². The Labute approximate surface area is 140 Å². The Kier molecular flexibility index (Phi) is 10.7. The number of ether oxygens (including phenoxy) is 2. The second-order valence-corrected chi connectivity index (χ2v) is 5.91. The minimum absolute atomic E-state index is 0.275. The van der Waals surface area contributed by atoms with Gasteiger partial charge in [-0.25, -0.2) is 4.79 Å². The van der Waals surface area contributed by atoms with E-state index in [1.54, 1.807) is 6.92 Å². The molecule has 0 N–H and O–H groups in total. The fraction of sp³-hybridized carbons (Fsp3) is 0.550. The van der Waals surface area contributed by atoms with Crippen LogP contribution < -0.4 is 4.74 Å². The van der Waals surface area contributed by atoms with E-state index in [0.29, 0.717) is 12.2 Å². The molecule has 0 unspecified atom stereocenters. The zero-order valence-electron chi connectivity index (χ0n) is 14.4. The van der Waals surface area contributed by atoms with Gasteiger partial charge in [-0.3, -0.25) is 0 Å². The topological polar surface area (TPSA) is 35.5 Å². The Bertz CT molecular complexity index is 439. The SMILES string of the molecule is C=C(C)C(=O)OCCCCCCCCCCOc1ccccc1. The summed E-state index contributed by atoms with van der Waals surface area (Å²) in [7, 11) is 0. The first kappa shape index (κ1) is 19.3. The van der Waals surface area contributed by atoms with Crippen molar-refractivity contribution in [1.82, 2.24) is 0 Å². The molecule has 0 aliphatic carbocycles. The molecule has 1 aromatic carbocycles. The molecule has 0 atom stereocenters. The Morgan fingerprint density at radius 2 is 1.39 bits per heavy atom. The number of carbonyl (C=O) groups excluding carboxylic acids is 1. The molecule has 3 nitrogen and oxygen atoms in total. The summed E-state index contributed by atoms with van der Waals surface area (Å²) in [6.07, 6.45) is 9.43. The van der Waals surface area contributed by atoms with E-state index in [9.17, 15) is 4.79 Å². The van der Waals surface area contributed by atoms with Gasteiger partial charge in [-0.1, -0.05) is 63.3 Å². The van der Waals surface area contributed by atoms with Crippen LogP contribution in [0.25, 0.3) is 0 Å². The molecule has 0 aliphatic rings. The molecular formula is C20H30O3. The van der Waals surface area contributed by atoms with Crippen molar-refractivity contribution in [1.29, 1.82) is 0 Å². The normalized spacial score (nSPS) is 10.3. The Hall–Kier alpha value is -1.77. The average Bonchev–Trinajstić information content (AvgIpc) is 2.56. The van der Waals surface area contributed by atoms with Crippen LogP contribution in [0.3, 0.4) is 0 Å². The molecule has 23 heavy (non-hydrogen) atoms. The van der Waals surface area contributed by atoms with Crippen LogP contribution in [0.15, 0.2) is 42.5 Å². The first-order valence-electron chi connectivity index (χ1n) is 8.70. The van der Waals surface area contributed by atoms with Gasteiger partial charge in [-0.05, 0) is 31.9 Å². The highest BCUT2D eigenvalue weighted by Gasteiger charge is 2.01. The van der Waals surface area contributed by atoms with Crippen LogP contribution in [0, 0.1) is 0 Å². The summed E-state index contributed by atoms with van der Waals surface area (Å²) >= 11 is 0. The third-order valence-electron chi connectivity index (χ3n) is 3.63. The van der Waals surface area contributed by atoms with Crippen molar-refractivity contribution in [2.45, 2.75) is 58.3 Å². The number of para-hydroxylation sites is 1. The van der Waals surface area contributed by atoms with Gasteiger partial charge in [0.15, 0.2) is 0 Å². The smallest absolute Gasteiger partial charge is 0.333 e. The Morgan fingerprint density at radius 3 is 1.96 bits per heavy atom. The molecule has 1 rings (SSSR count). The third kappa shape index (κ3) is 10.6. The monoisotopic (exact) mass is 318 g/mol. The van der Waals surface area contributed by atoms with Crippen molar-refractivity contribution in [3.8, 4) is 5.75 Å². The number of benzene rings is 1. The second-order valence-electron chi connectivity index (χ2n) is 5.91. The van der Waals surface area contributed by atoms with Crippen molar-refractivity contribution in [3.05, 3.63) is 42.5 Å². The molecule has 0 heterocycles. The summed E-state index contributed by atoms with van der Waals surface area (Å²) in [5.41, 5.74) is 0.473. The number of rotatable bonds is 13. The van der Waals surface area contributed by atoms with Crippen molar-refractivity contribution >= 4 is 5.97 Å². The van der Waals surface area contributed by atoms with E-state index >= 15 is 0 Å². The van der Waals surface area contributed by atoms with E-state index in [2.05, 4.69) is 6.58 Å². The maximum atomic E-state index is 11.2. The van der Waals surface area contributed by atoms with Gasteiger partial charge in [0, 0.05) is 5.57 Å². The van der Waals surface area contributed by atoms with E-state index in [4.69, 9.17) is 9.47 Å². The molecule has 0 saturated carbocycles. The summed E-state index contributed by atoms with van der Waals surface area (Å²) < 4.78 is 10.7. The molecule has 0 saturated heterocycles. The van der Waals surface area contributed by atoms with Gasteiger partial charge in [-0.15, -0.1) is 0 Å². The molecule has 0 aliphatic heterocycles. The minimum atomic E-state index is -0.275. The lowest BCUT2D eigenvalue weighted by atomic mass is 10.1. The van der Waals surface area contributed by atoms with Crippen LogP contribution >= 0.6 is 0 Å². The van der Waals surface area contributed by atoms with Gasteiger partial charge in [0.05, 0.1) is 13.2 Å². The van der Waals surface area contributed by atoms with E-state index < -0.39 is 0 Å². The fourth-order valence-corrected chi connectivity index (χ4v) is 2.26. The Balaban J connectivity index is 1.80. The van der Waals surface area contributed by atoms with E-state index in [-0.39, 0.29) is 5.97 Å². The molecule has 1 aromatic rings. The van der Waals surface area contributed by atoms with Crippen LogP contribution in [0.5, 0.6) is 5.75 Å². The third-order valence-corrected chi connectivity index (χ3v) is 3.63. The lowest BCUT2D eigenvalue weighted by Gasteiger charge is -2.06. The minimum Gasteiger partial charge on any atom is -0.494 e. The first-order chi connectivity index (χ1) is 11.2. The van der Waals surface area contributed by atoms with Crippen molar-refractivity contribution in [2.75, 3.05) is 13.2 Å². The van der Waals surface area contributed by atoms with Gasteiger partial charge in [0.2, 0.25) is 0 Å². The zero-order valence-corrected chi connectivity index (χ0v) is 14.4. The predicted octanol–water partition coefficient (Wildman–Crippen LogP) is 5.31. The van der Waals surface area contributed by atoms with Crippen LogP contribution in [0.2, 0.25) is 0 Å². The maximum Gasteiger partial charge on any atom is 0.333 e. The largest absolute Gasteiger partial charge is 0.494 e. The molecular weight excluding hydrogens is 288 g/mol. The van der Waals surface area contributed by atoms with Crippen LogP contribution in [0.1, 0.15) is 58.3 Å². The van der Waals surface area contributed by atoms with Gasteiger partial charge in [0.1, 0.15) is 5.75 Å². The zero-order chi connectivity index (χ0) is 16.8. The quantitative estimate of drug-likeness (QED) is 0.281. The first-order valence-corrected chi connectivity index (χ1v) is 8.70. The number of hydrogen-bond donors (Lipinski definition) is 0. The molecule has 0 radical (unpaired) electrons. The molecule has 3 heteroatoms. The van der Waals surface area contributed by atoms with Crippen molar-refractivity contribution < 1.29 is 14.3 Å². The fourth-order valence-electron chi connectivity index (χ4n) is 2.26. The molecule has 0 bridgehead atoms. The highest BCUT2D eigenvalue weighted by atomic mass is 16.5. The number of carbonyl (C=O) groups is 1.